The quantitative estimate of drug-likeness (QED) is 0.852. The summed E-state index contributed by atoms with van der Waals surface area (Å²) >= 11 is 1.13. The zero-order valence-corrected chi connectivity index (χ0v) is 10.8. The molecule has 0 saturated heterocycles. The molecule has 90 valence electrons. The van der Waals surface area contributed by atoms with E-state index in [-0.39, 0.29) is 4.21 Å². The molecule has 1 aromatic rings. The first kappa shape index (κ1) is 13.1. The van der Waals surface area contributed by atoms with E-state index in [1.807, 2.05) is 0 Å². The second-order valence-corrected chi connectivity index (χ2v) is 6.67. The van der Waals surface area contributed by atoms with E-state index in [2.05, 4.69) is 4.72 Å². The minimum Gasteiger partial charge on any atom is -0.480 e. The number of thiophene rings is 1. The second kappa shape index (κ2) is 4.52. The number of rotatable bonds is 4. The second-order valence-electron chi connectivity index (χ2n) is 3.51. The number of aliphatic carboxylic acids is 1. The molecule has 1 atom stereocenters. The van der Waals surface area contributed by atoms with Crippen molar-refractivity contribution in [1.82, 2.24) is 4.72 Å². The standard InChI is InChI=1S/C9H13NO4S2/c1-5-4-6(2)15-9(5)16(13,14)10-7(3)8(11)12/h4,7,10H,1-3H3,(H,11,12)/t7-/m1/s1. The molecule has 5 nitrogen and oxygen atoms in total. The number of carbonyl (C=O) groups is 1. The van der Waals surface area contributed by atoms with Gasteiger partial charge in [-0.2, -0.15) is 4.72 Å². The lowest BCUT2D eigenvalue weighted by Gasteiger charge is -2.09. The molecule has 0 aliphatic heterocycles. The van der Waals surface area contributed by atoms with E-state index in [0.29, 0.717) is 5.56 Å². The van der Waals surface area contributed by atoms with Crippen molar-refractivity contribution in [3.8, 4) is 0 Å². The van der Waals surface area contributed by atoms with Gasteiger partial charge in [0.25, 0.3) is 10.0 Å². The third-order valence-electron chi connectivity index (χ3n) is 1.94. The van der Waals surface area contributed by atoms with Gasteiger partial charge in [-0.05, 0) is 32.4 Å². The van der Waals surface area contributed by atoms with Crippen molar-refractivity contribution in [3.05, 3.63) is 16.5 Å². The van der Waals surface area contributed by atoms with Crippen molar-refractivity contribution < 1.29 is 18.3 Å². The molecule has 0 aromatic carbocycles. The Morgan fingerprint density at radius 1 is 1.50 bits per heavy atom. The van der Waals surface area contributed by atoms with Gasteiger partial charge in [0.1, 0.15) is 10.3 Å². The molecule has 0 aliphatic carbocycles. The highest BCUT2D eigenvalue weighted by Gasteiger charge is 2.24. The zero-order chi connectivity index (χ0) is 12.5. The number of aryl methyl sites for hydroxylation is 2. The number of nitrogens with one attached hydrogen (secondary N) is 1. The molecular weight excluding hydrogens is 250 g/mol. The van der Waals surface area contributed by atoms with Crippen LogP contribution in [0.5, 0.6) is 0 Å². The largest absolute Gasteiger partial charge is 0.480 e. The van der Waals surface area contributed by atoms with Gasteiger partial charge in [-0.25, -0.2) is 8.42 Å². The summed E-state index contributed by atoms with van der Waals surface area (Å²) in [5.74, 6) is -1.20. The van der Waals surface area contributed by atoms with Gasteiger partial charge in [-0.1, -0.05) is 0 Å². The van der Waals surface area contributed by atoms with Crippen LogP contribution < -0.4 is 4.72 Å². The molecule has 1 heterocycles. The van der Waals surface area contributed by atoms with E-state index in [1.54, 1.807) is 19.9 Å². The van der Waals surface area contributed by atoms with Crippen LogP contribution in [0.25, 0.3) is 0 Å². The molecule has 0 saturated carbocycles. The average Bonchev–Trinajstić information content (AvgIpc) is 2.45. The fraction of sp³-hybridized carbons (Fsp3) is 0.444. The highest BCUT2D eigenvalue weighted by Crippen LogP contribution is 2.25. The fourth-order valence-electron chi connectivity index (χ4n) is 1.22. The number of carboxylic acids is 1. The third-order valence-corrected chi connectivity index (χ3v) is 5.27. The van der Waals surface area contributed by atoms with Gasteiger partial charge in [-0.15, -0.1) is 11.3 Å². The summed E-state index contributed by atoms with van der Waals surface area (Å²) in [5.41, 5.74) is 0.632. The van der Waals surface area contributed by atoms with Crippen LogP contribution in [-0.4, -0.2) is 25.5 Å². The van der Waals surface area contributed by atoms with Crippen molar-refractivity contribution in [1.29, 1.82) is 0 Å². The monoisotopic (exact) mass is 263 g/mol. The highest BCUT2D eigenvalue weighted by atomic mass is 32.2. The molecule has 0 amide bonds. The van der Waals surface area contributed by atoms with Crippen molar-refractivity contribution in [3.63, 3.8) is 0 Å². The van der Waals surface area contributed by atoms with E-state index in [1.165, 1.54) is 6.92 Å². The van der Waals surface area contributed by atoms with Crippen molar-refractivity contribution in [2.75, 3.05) is 0 Å². The van der Waals surface area contributed by atoms with Gasteiger partial charge in [0.05, 0.1) is 0 Å². The third kappa shape index (κ3) is 2.81. The van der Waals surface area contributed by atoms with Crippen LogP contribution in [0.15, 0.2) is 10.3 Å². The van der Waals surface area contributed by atoms with Crippen LogP contribution in [0.4, 0.5) is 0 Å². The Morgan fingerprint density at radius 2 is 2.06 bits per heavy atom. The predicted octanol–water partition coefficient (Wildman–Crippen LogP) is 1.12. The first-order chi connectivity index (χ1) is 7.24. The molecule has 16 heavy (non-hydrogen) atoms. The molecule has 0 spiro atoms. The summed E-state index contributed by atoms with van der Waals surface area (Å²) in [7, 11) is -3.73. The number of sulfonamides is 1. The lowest BCUT2D eigenvalue weighted by molar-refractivity contribution is -0.138. The smallest absolute Gasteiger partial charge is 0.321 e. The lowest BCUT2D eigenvalue weighted by Crippen LogP contribution is -2.38. The Labute approximate surface area is 98.2 Å². The Kier molecular flexibility index (Phi) is 3.72. The van der Waals surface area contributed by atoms with Crippen LogP contribution in [0, 0.1) is 13.8 Å². The average molecular weight is 263 g/mol. The van der Waals surface area contributed by atoms with E-state index in [0.717, 1.165) is 16.2 Å². The molecule has 1 rings (SSSR count). The van der Waals surface area contributed by atoms with E-state index in [4.69, 9.17) is 5.11 Å². The Hall–Kier alpha value is -0.920. The predicted molar refractivity (Wildman–Crippen MR) is 61.2 cm³/mol. The van der Waals surface area contributed by atoms with E-state index >= 15 is 0 Å². The maximum Gasteiger partial charge on any atom is 0.321 e. The summed E-state index contributed by atoms with van der Waals surface area (Å²) in [6.07, 6.45) is 0. The summed E-state index contributed by atoms with van der Waals surface area (Å²) in [4.78, 5) is 11.5. The van der Waals surface area contributed by atoms with Crippen LogP contribution in [-0.2, 0) is 14.8 Å². The zero-order valence-electron chi connectivity index (χ0n) is 9.14. The van der Waals surface area contributed by atoms with E-state index in [9.17, 15) is 13.2 Å². The molecule has 1 aromatic heterocycles. The summed E-state index contributed by atoms with van der Waals surface area (Å²) < 4.78 is 25.9. The van der Waals surface area contributed by atoms with E-state index < -0.39 is 22.0 Å². The summed E-state index contributed by atoms with van der Waals surface area (Å²) in [6.45, 7) is 4.77. The minimum atomic E-state index is -3.73. The van der Waals surface area contributed by atoms with Gasteiger partial charge in [0.15, 0.2) is 0 Å². The van der Waals surface area contributed by atoms with Gasteiger partial charge >= 0.3 is 5.97 Å². The molecule has 0 aliphatic rings. The molecular formula is C9H13NO4S2. The minimum absolute atomic E-state index is 0.179. The lowest BCUT2D eigenvalue weighted by atomic mass is 10.4. The maximum atomic E-state index is 11.8. The van der Waals surface area contributed by atoms with Crippen LogP contribution in [0.3, 0.4) is 0 Å². The normalized spacial score (nSPS) is 13.7. The van der Waals surface area contributed by atoms with Crippen molar-refractivity contribution in [2.45, 2.75) is 31.0 Å². The molecule has 0 fully saturated rings. The first-order valence-corrected chi connectivity index (χ1v) is 6.86. The van der Waals surface area contributed by atoms with Gasteiger partial charge < -0.3 is 5.11 Å². The van der Waals surface area contributed by atoms with Gasteiger partial charge in [-0.3, -0.25) is 4.79 Å². The highest BCUT2D eigenvalue weighted by molar-refractivity contribution is 7.91. The van der Waals surface area contributed by atoms with Gasteiger partial charge in [0.2, 0.25) is 0 Å². The van der Waals surface area contributed by atoms with Crippen LogP contribution in [0.1, 0.15) is 17.4 Å². The Balaban J connectivity index is 3.03. The van der Waals surface area contributed by atoms with Crippen molar-refractivity contribution in [2.24, 2.45) is 0 Å². The molecule has 7 heteroatoms. The number of hydrogen-bond donors (Lipinski definition) is 2. The van der Waals surface area contributed by atoms with Crippen LogP contribution in [0.2, 0.25) is 0 Å². The number of carboxylic acid groups (broad SMARTS) is 1. The number of hydrogen-bond acceptors (Lipinski definition) is 4. The van der Waals surface area contributed by atoms with Gasteiger partial charge in [0, 0.05) is 4.88 Å². The van der Waals surface area contributed by atoms with Crippen LogP contribution >= 0.6 is 11.3 Å². The fourth-order valence-corrected chi connectivity index (χ4v) is 4.11. The molecule has 0 bridgehead atoms. The Bertz CT molecular complexity index is 504. The first-order valence-electron chi connectivity index (χ1n) is 4.56. The maximum absolute atomic E-state index is 11.8. The molecule has 0 radical (unpaired) electrons. The SMILES string of the molecule is Cc1cc(C)c(S(=O)(=O)N[C@H](C)C(=O)O)s1. The van der Waals surface area contributed by atoms with Crippen molar-refractivity contribution >= 4 is 27.3 Å². The topological polar surface area (TPSA) is 83.5 Å². The summed E-state index contributed by atoms with van der Waals surface area (Å²) in [5, 5.41) is 8.64. The Morgan fingerprint density at radius 3 is 2.44 bits per heavy atom. The molecule has 2 N–H and O–H groups in total. The molecule has 0 unspecified atom stereocenters. The summed E-state index contributed by atoms with van der Waals surface area (Å²) in [6, 6.07) is 0.622.